The van der Waals surface area contributed by atoms with Gasteiger partial charge < -0.3 is 0 Å². The minimum atomic E-state index is -0.292. The molecule has 0 aliphatic rings. The van der Waals surface area contributed by atoms with Gasteiger partial charge in [-0.15, -0.1) is 0 Å². The van der Waals surface area contributed by atoms with Crippen molar-refractivity contribution in [3.05, 3.63) is 34.1 Å². The van der Waals surface area contributed by atoms with E-state index in [9.17, 15) is 9.18 Å². The fourth-order valence-electron chi connectivity index (χ4n) is 1.00. The number of carbonyl (C=O) groups is 1. The second-order valence-electron chi connectivity index (χ2n) is 2.80. The summed E-state index contributed by atoms with van der Waals surface area (Å²) < 4.78 is 13.3. The number of rotatable bonds is 3. The van der Waals surface area contributed by atoms with Crippen LogP contribution in [0.3, 0.4) is 0 Å². The van der Waals surface area contributed by atoms with Crippen LogP contribution in [0.2, 0.25) is 0 Å². The molecule has 0 spiro atoms. The first-order valence-electron chi connectivity index (χ1n) is 4.09. The normalized spacial score (nSPS) is 10.1. The maximum absolute atomic E-state index is 12.7. The molecule has 0 radical (unpaired) electrons. The Morgan fingerprint density at radius 2 is 2.23 bits per heavy atom. The van der Waals surface area contributed by atoms with Gasteiger partial charge in [0.15, 0.2) is 0 Å². The van der Waals surface area contributed by atoms with Crippen LogP contribution in [0.5, 0.6) is 0 Å². The number of benzene rings is 1. The molecule has 0 aliphatic heterocycles. The highest BCUT2D eigenvalue weighted by molar-refractivity contribution is 9.10. The molecule has 0 saturated carbocycles. The van der Waals surface area contributed by atoms with Crippen molar-refractivity contribution >= 4 is 21.7 Å². The third kappa shape index (κ3) is 2.92. The molecule has 70 valence electrons. The van der Waals surface area contributed by atoms with Crippen LogP contribution in [-0.2, 0) is 11.2 Å². The van der Waals surface area contributed by atoms with Crippen LogP contribution in [0, 0.1) is 5.82 Å². The monoisotopic (exact) mass is 244 g/mol. The number of carbonyl (C=O) groups excluding carboxylic acids is 1. The maximum Gasteiger partial charge on any atom is 0.137 e. The molecule has 0 heterocycles. The Morgan fingerprint density at radius 3 is 2.77 bits per heavy atom. The van der Waals surface area contributed by atoms with Crippen LogP contribution < -0.4 is 0 Å². The van der Waals surface area contributed by atoms with Crippen LogP contribution >= 0.6 is 15.9 Å². The Hall–Kier alpha value is -0.700. The SMILES string of the molecule is CCC(=O)Cc1ccc(F)cc1Br. The van der Waals surface area contributed by atoms with Gasteiger partial charge in [-0.3, -0.25) is 4.79 Å². The highest BCUT2D eigenvalue weighted by atomic mass is 79.9. The van der Waals surface area contributed by atoms with Gasteiger partial charge in [0, 0.05) is 17.3 Å². The molecule has 0 amide bonds. The molecule has 0 atom stereocenters. The fourth-order valence-corrected chi connectivity index (χ4v) is 1.49. The van der Waals surface area contributed by atoms with Gasteiger partial charge in [-0.25, -0.2) is 4.39 Å². The zero-order chi connectivity index (χ0) is 9.84. The quantitative estimate of drug-likeness (QED) is 0.799. The van der Waals surface area contributed by atoms with Crippen LogP contribution in [0.1, 0.15) is 18.9 Å². The molecular weight excluding hydrogens is 235 g/mol. The predicted octanol–water partition coefficient (Wildman–Crippen LogP) is 3.11. The molecule has 0 unspecified atom stereocenters. The fraction of sp³-hybridized carbons (Fsp3) is 0.300. The van der Waals surface area contributed by atoms with Crippen molar-refractivity contribution in [2.24, 2.45) is 0 Å². The van der Waals surface area contributed by atoms with Crippen LogP contribution in [-0.4, -0.2) is 5.78 Å². The Bertz CT molecular complexity index is 323. The standard InChI is InChI=1S/C10H10BrFO/c1-2-9(13)5-7-3-4-8(12)6-10(7)11/h3-4,6H,2,5H2,1H3. The van der Waals surface area contributed by atoms with Gasteiger partial charge >= 0.3 is 0 Å². The van der Waals surface area contributed by atoms with Gasteiger partial charge in [-0.1, -0.05) is 28.9 Å². The molecule has 0 N–H and O–H groups in total. The third-order valence-corrected chi connectivity index (χ3v) is 2.54. The Morgan fingerprint density at radius 1 is 1.54 bits per heavy atom. The topological polar surface area (TPSA) is 17.1 Å². The minimum Gasteiger partial charge on any atom is -0.299 e. The maximum atomic E-state index is 12.7. The second kappa shape index (κ2) is 4.51. The summed E-state index contributed by atoms with van der Waals surface area (Å²) in [5.41, 5.74) is 0.841. The first-order valence-corrected chi connectivity index (χ1v) is 4.88. The molecule has 1 rings (SSSR count). The van der Waals surface area contributed by atoms with Gasteiger partial charge in [0.05, 0.1) is 0 Å². The molecule has 0 aliphatic carbocycles. The zero-order valence-electron chi connectivity index (χ0n) is 7.31. The van der Waals surface area contributed by atoms with Crippen LogP contribution in [0.4, 0.5) is 4.39 Å². The third-order valence-electron chi connectivity index (χ3n) is 1.80. The number of hydrogen-bond acceptors (Lipinski definition) is 1. The van der Waals surface area contributed by atoms with Crippen molar-refractivity contribution in [1.82, 2.24) is 0 Å². The Labute approximate surface area is 85.1 Å². The Kier molecular flexibility index (Phi) is 3.60. The summed E-state index contributed by atoms with van der Waals surface area (Å²) in [7, 11) is 0. The first kappa shape index (κ1) is 10.4. The van der Waals surface area contributed by atoms with Crippen molar-refractivity contribution in [2.45, 2.75) is 19.8 Å². The average molecular weight is 245 g/mol. The summed E-state index contributed by atoms with van der Waals surface area (Å²) in [6.07, 6.45) is 0.890. The highest BCUT2D eigenvalue weighted by Gasteiger charge is 2.05. The molecule has 1 aromatic carbocycles. The molecule has 3 heteroatoms. The van der Waals surface area contributed by atoms with E-state index >= 15 is 0 Å². The number of halogens is 2. The average Bonchev–Trinajstić information content (AvgIpc) is 2.09. The summed E-state index contributed by atoms with van der Waals surface area (Å²) in [5.74, 6) is -0.133. The summed E-state index contributed by atoms with van der Waals surface area (Å²) in [6.45, 7) is 1.82. The lowest BCUT2D eigenvalue weighted by Crippen LogP contribution is -2.01. The van der Waals surface area contributed by atoms with E-state index in [1.807, 2.05) is 6.92 Å². The van der Waals surface area contributed by atoms with Crippen LogP contribution in [0.25, 0.3) is 0 Å². The smallest absolute Gasteiger partial charge is 0.137 e. The zero-order valence-corrected chi connectivity index (χ0v) is 8.90. The second-order valence-corrected chi connectivity index (χ2v) is 3.66. The van der Waals surface area contributed by atoms with Crippen molar-refractivity contribution in [3.8, 4) is 0 Å². The summed E-state index contributed by atoms with van der Waals surface area (Å²) in [5, 5.41) is 0. The lowest BCUT2D eigenvalue weighted by molar-refractivity contribution is -0.118. The lowest BCUT2D eigenvalue weighted by atomic mass is 10.1. The van der Waals surface area contributed by atoms with E-state index in [1.165, 1.54) is 12.1 Å². The number of Topliss-reactive ketones (excluding diaryl/α,β-unsaturated/α-hetero) is 1. The van der Waals surface area contributed by atoms with Gasteiger partial charge in [-0.05, 0) is 17.7 Å². The van der Waals surface area contributed by atoms with Gasteiger partial charge in [-0.2, -0.15) is 0 Å². The largest absolute Gasteiger partial charge is 0.299 e. The summed E-state index contributed by atoms with van der Waals surface area (Å²) >= 11 is 3.21. The predicted molar refractivity (Wildman–Crippen MR) is 53.1 cm³/mol. The van der Waals surface area contributed by atoms with Crippen molar-refractivity contribution in [1.29, 1.82) is 0 Å². The van der Waals surface area contributed by atoms with Gasteiger partial charge in [0.2, 0.25) is 0 Å². The summed E-state index contributed by atoms with van der Waals surface area (Å²) in [4.78, 5) is 11.1. The van der Waals surface area contributed by atoms with E-state index in [0.29, 0.717) is 17.3 Å². The molecule has 13 heavy (non-hydrogen) atoms. The molecule has 0 saturated heterocycles. The van der Waals surface area contributed by atoms with E-state index in [2.05, 4.69) is 15.9 Å². The van der Waals surface area contributed by atoms with Crippen molar-refractivity contribution in [2.75, 3.05) is 0 Å². The molecule has 1 aromatic rings. The summed E-state index contributed by atoms with van der Waals surface area (Å²) in [6, 6.07) is 4.37. The van der Waals surface area contributed by atoms with E-state index < -0.39 is 0 Å². The molecule has 0 aromatic heterocycles. The van der Waals surface area contributed by atoms with Gasteiger partial charge in [0.25, 0.3) is 0 Å². The highest BCUT2D eigenvalue weighted by Crippen LogP contribution is 2.18. The lowest BCUT2D eigenvalue weighted by Gasteiger charge is -2.02. The van der Waals surface area contributed by atoms with E-state index in [4.69, 9.17) is 0 Å². The van der Waals surface area contributed by atoms with E-state index in [0.717, 1.165) is 5.56 Å². The molecule has 0 fully saturated rings. The number of hydrogen-bond donors (Lipinski definition) is 0. The molecular formula is C10H10BrFO. The van der Waals surface area contributed by atoms with Gasteiger partial charge in [0.1, 0.15) is 11.6 Å². The molecule has 1 nitrogen and oxygen atoms in total. The number of ketones is 1. The molecule has 0 bridgehead atoms. The van der Waals surface area contributed by atoms with Crippen LogP contribution in [0.15, 0.2) is 22.7 Å². The Balaban J connectivity index is 2.83. The van der Waals surface area contributed by atoms with Crippen molar-refractivity contribution < 1.29 is 9.18 Å². The van der Waals surface area contributed by atoms with Crippen molar-refractivity contribution in [3.63, 3.8) is 0 Å². The first-order chi connectivity index (χ1) is 6.13. The minimum absolute atomic E-state index is 0.160. The van der Waals surface area contributed by atoms with E-state index in [-0.39, 0.29) is 11.6 Å². The van der Waals surface area contributed by atoms with E-state index in [1.54, 1.807) is 6.07 Å².